The highest BCUT2D eigenvalue weighted by Gasteiger charge is 2.14. The molecule has 0 radical (unpaired) electrons. The van der Waals surface area contributed by atoms with E-state index in [2.05, 4.69) is 0 Å². The smallest absolute Gasteiger partial charge is 0.341 e. The van der Waals surface area contributed by atoms with Crippen LogP contribution in [0.15, 0.2) is 42.5 Å². The number of esters is 1. The van der Waals surface area contributed by atoms with E-state index < -0.39 is 5.97 Å². The number of benzene rings is 2. The minimum absolute atomic E-state index is 0.0523. The standard InChI is InChI=1S/C18H20O5/c1-4-22-15-8-5-13(6-9-15)14-7-10-16(18(19)21-3)17(11-14)23-12-20-2/h5-11H,4,12H2,1-3H3. The molecule has 5 nitrogen and oxygen atoms in total. The molecular formula is C18H20O5. The predicted molar refractivity (Wildman–Crippen MR) is 86.9 cm³/mol. The molecule has 0 amide bonds. The molecule has 23 heavy (non-hydrogen) atoms. The lowest BCUT2D eigenvalue weighted by Gasteiger charge is -2.12. The Hall–Kier alpha value is -2.53. The van der Waals surface area contributed by atoms with E-state index >= 15 is 0 Å². The van der Waals surface area contributed by atoms with Gasteiger partial charge in [-0.1, -0.05) is 18.2 Å². The summed E-state index contributed by atoms with van der Waals surface area (Å²) in [6.07, 6.45) is 0. The summed E-state index contributed by atoms with van der Waals surface area (Å²) in [5, 5.41) is 0. The van der Waals surface area contributed by atoms with Crippen LogP contribution in [0.4, 0.5) is 0 Å². The lowest BCUT2D eigenvalue weighted by Crippen LogP contribution is -2.07. The quantitative estimate of drug-likeness (QED) is 0.578. The summed E-state index contributed by atoms with van der Waals surface area (Å²) in [5.74, 6) is 0.790. The lowest BCUT2D eigenvalue weighted by atomic mass is 10.0. The van der Waals surface area contributed by atoms with Crippen LogP contribution in [0.5, 0.6) is 11.5 Å². The predicted octanol–water partition coefficient (Wildman–Crippen LogP) is 3.52. The van der Waals surface area contributed by atoms with Crippen molar-refractivity contribution < 1.29 is 23.7 Å². The third-order valence-corrected chi connectivity index (χ3v) is 3.22. The summed E-state index contributed by atoms with van der Waals surface area (Å²) in [4.78, 5) is 11.8. The van der Waals surface area contributed by atoms with Gasteiger partial charge in [0.05, 0.1) is 13.7 Å². The van der Waals surface area contributed by atoms with E-state index in [0.29, 0.717) is 17.9 Å². The van der Waals surface area contributed by atoms with E-state index in [9.17, 15) is 4.79 Å². The van der Waals surface area contributed by atoms with E-state index in [1.807, 2.05) is 37.3 Å². The van der Waals surface area contributed by atoms with E-state index in [0.717, 1.165) is 16.9 Å². The van der Waals surface area contributed by atoms with Crippen LogP contribution in [0.2, 0.25) is 0 Å². The second kappa shape index (κ2) is 8.19. The van der Waals surface area contributed by atoms with Gasteiger partial charge in [-0.15, -0.1) is 0 Å². The SMILES string of the molecule is CCOc1ccc(-c2ccc(C(=O)OC)c(OCOC)c2)cc1. The van der Waals surface area contributed by atoms with Gasteiger partial charge in [-0.3, -0.25) is 0 Å². The lowest BCUT2D eigenvalue weighted by molar-refractivity contribution is 0.0465. The molecule has 0 aliphatic heterocycles. The van der Waals surface area contributed by atoms with Crippen molar-refractivity contribution in [3.63, 3.8) is 0 Å². The molecule has 0 unspecified atom stereocenters. The van der Waals surface area contributed by atoms with Gasteiger partial charge in [0.1, 0.15) is 17.1 Å². The van der Waals surface area contributed by atoms with Crippen molar-refractivity contribution in [3.8, 4) is 22.6 Å². The molecule has 2 rings (SSSR count). The molecule has 2 aromatic rings. The van der Waals surface area contributed by atoms with Crippen LogP contribution in [0.1, 0.15) is 17.3 Å². The fraction of sp³-hybridized carbons (Fsp3) is 0.278. The fourth-order valence-electron chi connectivity index (χ4n) is 2.13. The monoisotopic (exact) mass is 316 g/mol. The molecule has 0 aliphatic rings. The maximum absolute atomic E-state index is 11.8. The Morgan fingerprint density at radius 1 is 0.957 bits per heavy atom. The number of carbonyl (C=O) groups excluding carboxylic acids is 1. The van der Waals surface area contributed by atoms with Crippen LogP contribution in [0, 0.1) is 0 Å². The average Bonchev–Trinajstić information content (AvgIpc) is 2.60. The van der Waals surface area contributed by atoms with Gasteiger partial charge in [-0.2, -0.15) is 0 Å². The van der Waals surface area contributed by atoms with Crippen LogP contribution < -0.4 is 9.47 Å². The Morgan fingerprint density at radius 3 is 2.26 bits per heavy atom. The van der Waals surface area contributed by atoms with Gasteiger partial charge in [0, 0.05) is 7.11 Å². The Bertz CT molecular complexity index is 649. The average molecular weight is 316 g/mol. The molecule has 122 valence electrons. The Balaban J connectivity index is 2.33. The summed E-state index contributed by atoms with van der Waals surface area (Å²) in [6, 6.07) is 13.0. The van der Waals surface area contributed by atoms with Crippen molar-refractivity contribution in [2.75, 3.05) is 27.6 Å². The topological polar surface area (TPSA) is 54.0 Å². The van der Waals surface area contributed by atoms with Gasteiger partial charge in [0.15, 0.2) is 6.79 Å². The van der Waals surface area contributed by atoms with E-state index in [4.69, 9.17) is 18.9 Å². The summed E-state index contributed by atoms with van der Waals surface area (Å²) in [7, 11) is 2.86. The van der Waals surface area contributed by atoms with Gasteiger partial charge < -0.3 is 18.9 Å². The first kappa shape index (κ1) is 16.8. The Morgan fingerprint density at radius 2 is 1.65 bits per heavy atom. The largest absolute Gasteiger partial charge is 0.494 e. The van der Waals surface area contributed by atoms with E-state index in [-0.39, 0.29) is 6.79 Å². The number of carbonyl (C=O) groups is 1. The molecule has 5 heteroatoms. The maximum atomic E-state index is 11.8. The first-order valence-electron chi connectivity index (χ1n) is 7.27. The molecule has 0 N–H and O–H groups in total. The van der Waals surface area contributed by atoms with Gasteiger partial charge in [0.25, 0.3) is 0 Å². The molecule has 0 spiro atoms. The minimum Gasteiger partial charge on any atom is -0.494 e. The first-order chi connectivity index (χ1) is 11.2. The molecule has 0 saturated carbocycles. The number of ether oxygens (including phenoxy) is 4. The molecule has 0 atom stereocenters. The molecule has 0 aliphatic carbocycles. The zero-order valence-electron chi connectivity index (χ0n) is 13.5. The van der Waals surface area contributed by atoms with Crippen molar-refractivity contribution in [1.82, 2.24) is 0 Å². The minimum atomic E-state index is -0.450. The number of hydrogen-bond acceptors (Lipinski definition) is 5. The Labute approximate surface area is 135 Å². The summed E-state index contributed by atoms with van der Waals surface area (Å²) < 4.78 is 20.6. The van der Waals surface area contributed by atoms with Crippen LogP contribution in [-0.2, 0) is 9.47 Å². The molecule has 0 saturated heterocycles. The molecule has 0 bridgehead atoms. The van der Waals surface area contributed by atoms with Gasteiger partial charge in [0.2, 0.25) is 0 Å². The third kappa shape index (κ3) is 4.23. The molecular weight excluding hydrogens is 296 g/mol. The third-order valence-electron chi connectivity index (χ3n) is 3.22. The van der Waals surface area contributed by atoms with Crippen LogP contribution in [0.3, 0.4) is 0 Å². The van der Waals surface area contributed by atoms with Crippen LogP contribution in [0.25, 0.3) is 11.1 Å². The maximum Gasteiger partial charge on any atom is 0.341 e. The molecule has 0 fully saturated rings. The number of methoxy groups -OCH3 is 2. The van der Waals surface area contributed by atoms with Gasteiger partial charge >= 0.3 is 5.97 Å². The van der Waals surface area contributed by atoms with Crippen LogP contribution >= 0.6 is 0 Å². The molecule has 0 heterocycles. The second-order valence-electron chi connectivity index (χ2n) is 4.71. The number of hydrogen-bond donors (Lipinski definition) is 0. The van der Waals surface area contributed by atoms with Crippen molar-refractivity contribution in [3.05, 3.63) is 48.0 Å². The van der Waals surface area contributed by atoms with Crippen molar-refractivity contribution >= 4 is 5.97 Å². The van der Waals surface area contributed by atoms with Crippen molar-refractivity contribution in [2.24, 2.45) is 0 Å². The van der Waals surface area contributed by atoms with E-state index in [1.54, 1.807) is 12.1 Å². The summed E-state index contributed by atoms with van der Waals surface area (Å²) in [5.41, 5.74) is 2.28. The Kier molecular flexibility index (Phi) is 6.00. The highest BCUT2D eigenvalue weighted by atomic mass is 16.7. The highest BCUT2D eigenvalue weighted by Crippen LogP contribution is 2.29. The molecule has 0 aromatic heterocycles. The van der Waals surface area contributed by atoms with E-state index in [1.165, 1.54) is 14.2 Å². The zero-order chi connectivity index (χ0) is 16.7. The van der Waals surface area contributed by atoms with Gasteiger partial charge in [-0.25, -0.2) is 4.79 Å². The number of rotatable bonds is 7. The summed E-state index contributed by atoms with van der Waals surface area (Å²) >= 11 is 0. The summed E-state index contributed by atoms with van der Waals surface area (Å²) in [6.45, 7) is 2.62. The first-order valence-corrected chi connectivity index (χ1v) is 7.27. The van der Waals surface area contributed by atoms with Crippen molar-refractivity contribution in [2.45, 2.75) is 6.92 Å². The highest BCUT2D eigenvalue weighted by molar-refractivity contribution is 5.93. The zero-order valence-corrected chi connectivity index (χ0v) is 13.5. The molecule has 2 aromatic carbocycles. The normalized spacial score (nSPS) is 10.2. The fourth-order valence-corrected chi connectivity index (χ4v) is 2.13. The van der Waals surface area contributed by atoms with Gasteiger partial charge in [-0.05, 0) is 42.3 Å². The second-order valence-corrected chi connectivity index (χ2v) is 4.71. The van der Waals surface area contributed by atoms with Crippen molar-refractivity contribution in [1.29, 1.82) is 0 Å². The van der Waals surface area contributed by atoms with Crippen LogP contribution in [-0.4, -0.2) is 33.6 Å².